The Balaban J connectivity index is 1.68. The van der Waals surface area contributed by atoms with Gasteiger partial charge in [-0.25, -0.2) is 5.43 Å². The molecule has 2 aromatic heterocycles. The van der Waals surface area contributed by atoms with E-state index in [2.05, 4.69) is 15.6 Å². The quantitative estimate of drug-likeness (QED) is 0.573. The largest absolute Gasteiger partial charge is 0.271 e. The lowest BCUT2D eigenvalue weighted by Gasteiger charge is -2.06. The Bertz CT molecular complexity index is 865. The first-order valence-corrected chi connectivity index (χ1v) is 8.47. The third-order valence-corrected chi connectivity index (χ3v) is 4.33. The minimum Gasteiger partial charge on any atom is -0.267 e. The number of nitrogens with one attached hydrogen (secondary N) is 1. The molecular formula is C18H18N4OS. The van der Waals surface area contributed by atoms with Crippen molar-refractivity contribution in [2.75, 3.05) is 0 Å². The van der Waals surface area contributed by atoms with E-state index in [-0.39, 0.29) is 5.91 Å². The maximum absolute atomic E-state index is 12.2. The van der Waals surface area contributed by atoms with Gasteiger partial charge in [-0.05, 0) is 49.1 Å². The van der Waals surface area contributed by atoms with Gasteiger partial charge in [0.05, 0.1) is 18.5 Å². The van der Waals surface area contributed by atoms with Crippen LogP contribution in [0.25, 0.3) is 0 Å². The van der Waals surface area contributed by atoms with Crippen LogP contribution in [0.3, 0.4) is 0 Å². The number of carbonyl (C=O) groups is 1. The first-order valence-electron chi connectivity index (χ1n) is 7.59. The Kier molecular flexibility index (Phi) is 4.86. The Morgan fingerprint density at radius 3 is 2.88 bits per heavy atom. The molecule has 1 amide bonds. The van der Waals surface area contributed by atoms with Gasteiger partial charge in [0, 0.05) is 16.1 Å². The third-order valence-electron chi connectivity index (χ3n) is 3.53. The molecule has 122 valence electrons. The van der Waals surface area contributed by atoms with Crippen molar-refractivity contribution in [1.29, 1.82) is 0 Å². The van der Waals surface area contributed by atoms with Crippen molar-refractivity contribution in [2.24, 2.45) is 5.10 Å². The van der Waals surface area contributed by atoms with Crippen LogP contribution in [-0.2, 0) is 6.54 Å². The predicted octanol–water partition coefficient (Wildman–Crippen LogP) is 3.37. The topological polar surface area (TPSA) is 59.3 Å². The van der Waals surface area contributed by atoms with Gasteiger partial charge in [0.15, 0.2) is 0 Å². The molecule has 0 aliphatic heterocycles. The molecule has 0 saturated carbocycles. The van der Waals surface area contributed by atoms with Gasteiger partial charge >= 0.3 is 0 Å². The second kappa shape index (κ2) is 7.23. The van der Waals surface area contributed by atoms with Crippen LogP contribution in [0, 0.1) is 13.8 Å². The zero-order chi connectivity index (χ0) is 16.9. The highest BCUT2D eigenvalue weighted by molar-refractivity contribution is 7.11. The van der Waals surface area contributed by atoms with Gasteiger partial charge in [-0.3, -0.25) is 9.48 Å². The van der Waals surface area contributed by atoms with E-state index in [0.29, 0.717) is 12.1 Å². The van der Waals surface area contributed by atoms with Crippen LogP contribution in [0.4, 0.5) is 0 Å². The summed E-state index contributed by atoms with van der Waals surface area (Å²) in [5.74, 6) is -0.224. The average Bonchev–Trinajstić information content (AvgIpc) is 3.18. The van der Waals surface area contributed by atoms with Crippen LogP contribution < -0.4 is 5.43 Å². The van der Waals surface area contributed by atoms with E-state index in [9.17, 15) is 4.79 Å². The zero-order valence-electron chi connectivity index (χ0n) is 13.6. The monoisotopic (exact) mass is 338 g/mol. The molecule has 0 fully saturated rings. The smallest absolute Gasteiger partial charge is 0.267 e. The summed E-state index contributed by atoms with van der Waals surface area (Å²) in [6.07, 6.45) is 1.64. The van der Waals surface area contributed by atoms with Crippen LogP contribution >= 0.6 is 11.3 Å². The summed E-state index contributed by atoms with van der Waals surface area (Å²) in [5.41, 5.74) is 6.25. The predicted molar refractivity (Wildman–Crippen MR) is 96.6 cm³/mol. The molecule has 0 unspecified atom stereocenters. The summed E-state index contributed by atoms with van der Waals surface area (Å²) in [7, 11) is 0. The normalized spacial score (nSPS) is 11.1. The summed E-state index contributed by atoms with van der Waals surface area (Å²) in [4.78, 5) is 13.2. The maximum atomic E-state index is 12.2. The van der Waals surface area contributed by atoms with Gasteiger partial charge in [0.25, 0.3) is 5.91 Å². The first kappa shape index (κ1) is 16.1. The lowest BCUT2D eigenvalue weighted by atomic mass is 10.1. The van der Waals surface area contributed by atoms with E-state index >= 15 is 0 Å². The van der Waals surface area contributed by atoms with Crippen molar-refractivity contribution in [3.63, 3.8) is 0 Å². The molecule has 0 saturated heterocycles. The SMILES string of the molecule is Cc1cc(C)n(Cc2cccc(C(=O)NN=Cc3cccs3)c2)n1. The number of thiophene rings is 1. The molecule has 5 nitrogen and oxygen atoms in total. The molecule has 6 heteroatoms. The number of rotatable bonds is 5. The molecule has 0 atom stereocenters. The van der Waals surface area contributed by atoms with Gasteiger partial charge < -0.3 is 0 Å². The first-order chi connectivity index (χ1) is 11.6. The number of benzene rings is 1. The van der Waals surface area contributed by atoms with E-state index in [1.807, 2.05) is 60.3 Å². The average molecular weight is 338 g/mol. The maximum Gasteiger partial charge on any atom is 0.271 e. The molecule has 1 N–H and O–H groups in total. The Labute approximate surface area is 144 Å². The molecule has 2 heterocycles. The molecule has 0 aliphatic carbocycles. The Hall–Kier alpha value is -2.73. The highest BCUT2D eigenvalue weighted by Gasteiger charge is 2.07. The van der Waals surface area contributed by atoms with Gasteiger partial charge in [-0.1, -0.05) is 18.2 Å². The lowest BCUT2D eigenvalue weighted by Crippen LogP contribution is -2.18. The highest BCUT2D eigenvalue weighted by Crippen LogP contribution is 2.10. The van der Waals surface area contributed by atoms with Gasteiger partial charge in [0.1, 0.15) is 0 Å². The number of aromatic nitrogens is 2. The van der Waals surface area contributed by atoms with Crippen LogP contribution in [0.1, 0.15) is 32.2 Å². The fourth-order valence-electron chi connectivity index (χ4n) is 2.40. The molecule has 0 radical (unpaired) electrons. The molecule has 0 aliphatic rings. The van der Waals surface area contributed by atoms with Crippen LogP contribution in [-0.4, -0.2) is 21.9 Å². The lowest BCUT2D eigenvalue weighted by molar-refractivity contribution is 0.0955. The van der Waals surface area contributed by atoms with Gasteiger partial charge in [-0.2, -0.15) is 10.2 Å². The summed E-state index contributed by atoms with van der Waals surface area (Å²) < 4.78 is 1.93. The number of nitrogens with zero attached hydrogens (tertiary/aromatic N) is 3. The number of carbonyl (C=O) groups excluding carboxylic acids is 1. The number of hydrogen-bond donors (Lipinski definition) is 1. The van der Waals surface area contributed by atoms with Crippen LogP contribution in [0.15, 0.2) is 52.9 Å². The van der Waals surface area contributed by atoms with Gasteiger partial charge in [0.2, 0.25) is 0 Å². The van der Waals surface area contributed by atoms with Gasteiger partial charge in [-0.15, -0.1) is 11.3 Å². The fraction of sp³-hybridized carbons (Fsp3) is 0.167. The zero-order valence-corrected chi connectivity index (χ0v) is 14.4. The summed E-state index contributed by atoms with van der Waals surface area (Å²) >= 11 is 1.57. The van der Waals surface area contributed by atoms with Crippen molar-refractivity contribution in [2.45, 2.75) is 20.4 Å². The molecule has 0 bridgehead atoms. The van der Waals surface area contributed by atoms with Crippen LogP contribution in [0.2, 0.25) is 0 Å². The van der Waals surface area contributed by atoms with E-state index in [0.717, 1.165) is 21.8 Å². The number of hydrogen-bond acceptors (Lipinski definition) is 4. The van der Waals surface area contributed by atoms with Crippen molar-refractivity contribution in [1.82, 2.24) is 15.2 Å². The molecule has 0 spiro atoms. The molecule has 3 aromatic rings. The summed E-state index contributed by atoms with van der Waals surface area (Å²) in [6, 6.07) is 13.4. The number of aryl methyl sites for hydroxylation is 2. The number of amides is 1. The van der Waals surface area contributed by atoms with Crippen molar-refractivity contribution >= 4 is 23.5 Å². The van der Waals surface area contributed by atoms with E-state index < -0.39 is 0 Å². The highest BCUT2D eigenvalue weighted by atomic mass is 32.1. The minimum absolute atomic E-state index is 0.224. The van der Waals surface area contributed by atoms with Crippen molar-refractivity contribution in [3.8, 4) is 0 Å². The second-order valence-corrected chi connectivity index (χ2v) is 6.48. The molecule has 24 heavy (non-hydrogen) atoms. The molecule has 1 aromatic carbocycles. The Morgan fingerprint density at radius 1 is 1.29 bits per heavy atom. The van der Waals surface area contributed by atoms with Crippen molar-refractivity contribution in [3.05, 3.63) is 75.2 Å². The van der Waals surface area contributed by atoms with Crippen LogP contribution in [0.5, 0.6) is 0 Å². The summed E-state index contributed by atoms with van der Waals surface area (Å²) in [5, 5.41) is 10.4. The molecular weight excluding hydrogens is 320 g/mol. The molecule has 3 rings (SSSR count). The standard InChI is InChI=1S/C18H18N4OS/c1-13-9-14(2)22(21-13)12-15-5-3-6-16(10-15)18(23)20-19-11-17-7-4-8-24-17/h3-11H,12H2,1-2H3,(H,20,23). The summed E-state index contributed by atoms with van der Waals surface area (Å²) in [6.45, 7) is 4.63. The van der Waals surface area contributed by atoms with E-state index in [4.69, 9.17) is 0 Å². The van der Waals surface area contributed by atoms with E-state index in [1.165, 1.54) is 0 Å². The third kappa shape index (κ3) is 3.97. The fourth-order valence-corrected chi connectivity index (χ4v) is 2.99. The number of hydrazone groups is 1. The Morgan fingerprint density at radius 2 is 2.17 bits per heavy atom. The van der Waals surface area contributed by atoms with E-state index in [1.54, 1.807) is 23.6 Å². The second-order valence-electron chi connectivity index (χ2n) is 5.50. The minimum atomic E-state index is -0.224. The van der Waals surface area contributed by atoms with Crippen molar-refractivity contribution < 1.29 is 4.79 Å².